The second-order valence-electron chi connectivity index (χ2n) is 8.39. The minimum atomic E-state index is -0.377. The van der Waals surface area contributed by atoms with Crippen molar-refractivity contribution in [2.24, 2.45) is 11.8 Å². The first-order valence-electron chi connectivity index (χ1n) is 11.1. The van der Waals surface area contributed by atoms with E-state index in [0.29, 0.717) is 34.8 Å². The molecule has 0 aliphatic heterocycles. The van der Waals surface area contributed by atoms with Gasteiger partial charge in [-0.15, -0.1) is 0 Å². The van der Waals surface area contributed by atoms with Crippen LogP contribution in [-0.2, 0) is 29.0 Å². The number of aromatic nitrogens is 2. The molecule has 8 heteroatoms. The van der Waals surface area contributed by atoms with Crippen molar-refractivity contribution in [2.75, 3.05) is 12.9 Å². The number of hydrogen-bond acceptors (Lipinski definition) is 5. The van der Waals surface area contributed by atoms with Gasteiger partial charge in [0.05, 0.1) is 31.1 Å². The summed E-state index contributed by atoms with van der Waals surface area (Å²) >= 11 is 7.84. The highest BCUT2D eigenvalue weighted by Crippen LogP contribution is 2.22. The van der Waals surface area contributed by atoms with Crippen LogP contribution in [0.4, 0.5) is 0 Å². The molecule has 176 valence electrons. The van der Waals surface area contributed by atoms with E-state index in [1.54, 1.807) is 6.07 Å². The molecule has 32 heavy (non-hydrogen) atoms. The number of nitrogens with zero attached hydrogens (tertiary/aromatic N) is 2. The first-order valence-corrected chi connectivity index (χ1v) is 12.5. The Labute approximate surface area is 205 Å². The zero-order valence-electron chi connectivity index (χ0n) is 19.4. The van der Waals surface area contributed by atoms with Crippen LogP contribution in [0.1, 0.15) is 67.5 Å². The maximum atomic E-state index is 12.7. The molecule has 1 unspecified atom stereocenters. The molecular weight excluding hydrogens is 490 g/mol. The number of thiol groups is 1. The first-order chi connectivity index (χ1) is 15.3. The van der Waals surface area contributed by atoms with Crippen molar-refractivity contribution in [3.05, 3.63) is 51.5 Å². The standard InChI is InChI=1S/C24H34BrN3O3S/c1-5-6-7-22-26-12-19(13-27-23(29)18(15-32)10-16(2)3)28(22)14-17-8-9-20(21(25)11-17)24(30)31-4/h8-9,11-12,16,18,32H,5-7,10,13-15H2,1-4H3,(H,27,29). The second-order valence-corrected chi connectivity index (χ2v) is 9.61. The van der Waals surface area contributed by atoms with Gasteiger partial charge < -0.3 is 14.6 Å². The predicted octanol–water partition coefficient (Wildman–Crippen LogP) is 5.03. The van der Waals surface area contributed by atoms with Gasteiger partial charge in [-0.3, -0.25) is 4.79 Å². The molecule has 0 bridgehead atoms. The fraction of sp³-hybridized carbons (Fsp3) is 0.542. The SMILES string of the molecule is CCCCc1ncc(CNC(=O)C(CS)CC(C)C)n1Cc1ccc(C(=O)OC)c(Br)c1. The van der Waals surface area contributed by atoms with E-state index in [0.717, 1.165) is 42.8 Å². The Balaban J connectivity index is 2.21. The Morgan fingerprint density at radius 3 is 2.66 bits per heavy atom. The molecule has 2 aromatic rings. The minimum Gasteiger partial charge on any atom is -0.465 e. The highest BCUT2D eigenvalue weighted by molar-refractivity contribution is 9.10. The zero-order valence-corrected chi connectivity index (χ0v) is 21.8. The zero-order chi connectivity index (χ0) is 23.7. The fourth-order valence-corrected chi connectivity index (χ4v) is 4.50. The average molecular weight is 525 g/mol. The number of carbonyl (C=O) groups is 2. The quantitative estimate of drug-likeness (QED) is 0.302. The maximum absolute atomic E-state index is 12.7. The van der Waals surface area contributed by atoms with Crippen LogP contribution in [0.2, 0.25) is 0 Å². The third-order valence-corrected chi connectivity index (χ3v) is 6.44. The number of ether oxygens (including phenoxy) is 1. The molecule has 1 amide bonds. The van der Waals surface area contributed by atoms with Crippen LogP contribution < -0.4 is 5.32 Å². The van der Waals surface area contributed by atoms with Gasteiger partial charge in [0.25, 0.3) is 0 Å². The summed E-state index contributed by atoms with van der Waals surface area (Å²) in [6, 6.07) is 5.61. The van der Waals surface area contributed by atoms with Crippen molar-refractivity contribution in [1.82, 2.24) is 14.9 Å². The Morgan fingerprint density at radius 1 is 1.31 bits per heavy atom. The van der Waals surface area contributed by atoms with Crippen LogP contribution in [0.25, 0.3) is 0 Å². The van der Waals surface area contributed by atoms with Crippen molar-refractivity contribution in [1.29, 1.82) is 0 Å². The molecule has 1 atom stereocenters. The summed E-state index contributed by atoms with van der Waals surface area (Å²) in [6.45, 7) is 7.40. The molecule has 0 saturated carbocycles. The van der Waals surface area contributed by atoms with E-state index >= 15 is 0 Å². The van der Waals surface area contributed by atoms with Crippen LogP contribution in [0, 0.1) is 11.8 Å². The molecule has 0 saturated heterocycles. The Morgan fingerprint density at radius 2 is 2.06 bits per heavy atom. The van der Waals surface area contributed by atoms with E-state index in [1.165, 1.54) is 7.11 Å². The number of nitrogens with one attached hydrogen (secondary N) is 1. The smallest absolute Gasteiger partial charge is 0.339 e. The maximum Gasteiger partial charge on any atom is 0.339 e. The number of amides is 1. The van der Waals surface area contributed by atoms with Crippen molar-refractivity contribution in [2.45, 2.75) is 59.5 Å². The number of methoxy groups -OCH3 is 1. The number of halogens is 1. The van der Waals surface area contributed by atoms with E-state index in [2.05, 4.69) is 64.2 Å². The lowest BCUT2D eigenvalue weighted by Gasteiger charge is -2.18. The molecule has 1 N–H and O–H groups in total. The largest absolute Gasteiger partial charge is 0.465 e. The fourth-order valence-electron chi connectivity index (χ4n) is 3.59. The normalized spacial score (nSPS) is 12.1. The summed E-state index contributed by atoms with van der Waals surface area (Å²) in [6.07, 6.45) is 5.66. The summed E-state index contributed by atoms with van der Waals surface area (Å²) < 4.78 is 7.67. The van der Waals surface area contributed by atoms with Crippen LogP contribution in [0.5, 0.6) is 0 Å². The van der Waals surface area contributed by atoms with Crippen LogP contribution in [0.3, 0.4) is 0 Å². The topological polar surface area (TPSA) is 73.2 Å². The molecule has 1 aromatic carbocycles. The molecular formula is C24H34BrN3O3S. The van der Waals surface area contributed by atoms with Gasteiger partial charge in [-0.1, -0.05) is 33.3 Å². The monoisotopic (exact) mass is 523 g/mol. The van der Waals surface area contributed by atoms with Gasteiger partial charge in [-0.2, -0.15) is 12.6 Å². The first kappa shape index (κ1) is 26.5. The summed E-state index contributed by atoms with van der Waals surface area (Å²) in [5.41, 5.74) is 2.48. The summed E-state index contributed by atoms with van der Waals surface area (Å²) in [5, 5.41) is 3.07. The Kier molecular flexibility index (Phi) is 10.8. The number of aryl methyl sites for hydroxylation is 1. The van der Waals surface area contributed by atoms with Gasteiger partial charge in [0, 0.05) is 29.1 Å². The highest BCUT2D eigenvalue weighted by Gasteiger charge is 2.19. The number of unbranched alkanes of at least 4 members (excludes halogenated alkanes) is 1. The highest BCUT2D eigenvalue weighted by atomic mass is 79.9. The average Bonchev–Trinajstić information content (AvgIpc) is 3.14. The number of esters is 1. The van der Waals surface area contributed by atoms with E-state index in [1.807, 2.05) is 18.3 Å². The van der Waals surface area contributed by atoms with E-state index in [-0.39, 0.29) is 17.8 Å². The summed E-state index contributed by atoms with van der Waals surface area (Å²) in [4.78, 5) is 29.2. The molecule has 0 aliphatic carbocycles. The lowest BCUT2D eigenvalue weighted by atomic mass is 9.98. The number of hydrogen-bond donors (Lipinski definition) is 2. The van der Waals surface area contributed by atoms with Gasteiger partial charge in [-0.05, 0) is 52.4 Å². The number of rotatable bonds is 12. The van der Waals surface area contributed by atoms with Crippen molar-refractivity contribution in [3.63, 3.8) is 0 Å². The van der Waals surface area contributed by atoms with E-state index in [9.17, 15) is 9.59 Å². The molecule has 0 radical (unpaired) electrons. The van der Waals surface area contributed by atoms with Crippen molar-refractivity contribution >= 4 is 40.4 Å². The molecule has 0 spiro atoms. The number of carbonyl (C=O) groups excluding carboxylic acids is 2. The van der Waals surface area contributed by atoms with Crippen LogP contribution in [-0.4, -0.2) is 34.3 Å². The third kappa shape index (κ3) is 7.37. The van der Waals surface area contributed by atoms with Gasteiger partial charge in [0.1, 0.15) is 5.82 Å². The van der Waals surface area contributed by atoms with Crippen LogP contribution >= 0.6 is 28.6 Å². The third-order valence-electron chi connectivity index (χ3n) is 5.35. The Hall–Kier alpha value is -1.80. The van der Waals surface area contributed by atoms with Crippen molar-refractivity contribution in [3.8, 4) is 0 Å². The van der Waals surface area contributed by atoms with Gasteiger partial charge >= 0.3 is 5.97 Å². The van der Waals surface area contributed by atoms with Crippen molar-refractivity contribution < 1.29 is 14.3 Å². The molecule has 1 aromatic heterocycles. The lowest BCUT2D eigenvalue weighted by Crippen LogP contribution is -2.32. The minimum absolute atomic E-state index is 0.0294. The number of benzene rings is 1. The van der Waals surface area contributed by atoms with Gasteiger partial charge in [0.15, 0.2) is 0 Å². The van der Waals surface area contributed by atoms with E-state index in [4.69, 9.17) is 4.74 Å². The van der Waals surface area contributed by atoms with Gasteiger partial charge in [-0.25, -0.2) is 9.78 Å². The number of imidazole rings is 1. The Bertz CT molecular complexity index is 914. The predicted molar refractivity (Wildman–Crippen MR) is 134 cm³/mol. The van der Waals surface area contributed by atoms with Gasteiger partial charge in [0.2, 0.25) is 5.91 Å². The molecule has 0 aliphatic rings. The second kappa shape index (κ2) is 13.0. The summed E-state index contributed by atoms with van der Waals surface area (Å²) in [5.74, 6) is 1.52. The lowest BCUT2D eigenvalue weighted by molar-refractivity contribution is -0.124. The molecule has 6 nitrogen and oxygen atoms in total. The molecule has 2 rings (SSSR count). The van der Waals surface area contributed by atoms with Crippen LogP contribution in [0.15, 0.2) is 28.9 Å². The summed E-state index contributed by atoms with van der Waals surface area (Å²) in [7, 11) is 1.37. The van der Waals surface area contributed by atoms with E-state index < -0.39 is 0 Å². The molecule has 0 fully saturated rings. The molecule has 1 heterocycles.